The molecule has 15 heteroatoms. The number of carbonyl (C=O) groups excluding carboxylic acids is 4. The van der Waals surface area contributed by atoms with Crippen LogP contribution in [0.5, 0.6) is 0 Å². The molecule has 0 unspecified atom stereocenters. The number of hydrogen-bond acceptors (Lipinski definition) is 9. The molecule has 14 nitrogen and oxygen atoms in total. The predicted octanol–water partition coefficient (Wildman–Crippen LogP) is 3.61. The molecule has 4 amide bonds. The molecule has 6 N–H and O–H groups in total. The Bertz CT molecular complexity index is 1660. The quantitative estimate of drug-likeness (QED) is 0.116. The third kappa shape index (κ3) is 9.85. The van der Waals surface area contributed by atoms with Gasteiger partial charge in [0.2, 0.25) is 11.8 Å². The van der Waals surface area contributed by atoms with E-state index in [0.29, 0.717) is 75.7 Å². The highest BCUT2D eigenvalue weighted by Crippen LogP contribution is 2.32. The lowest BCUT2D eigenvalue weighted by atomic mass is 9.79. The van der Waals surface area contributed by atoms with Gasteiger partial charge in [-0.15, -0.1) is 0 Å². The summed E-state index contributed by atoms with van der Waals surface area (Å²) in [5.74, 6) is 2.84. The molecular formula is C39H57FN8O6. The summed E-state index contributed by atoms with van der Waals surface area (Å²) in [6.07, 6.45) is 6.95. The number of carbonyl (C=O) groups is 4. The van der Waals surface area contributed by atoms with Crippen LogP contribution in [0.25, 0.3) is 0 Å². The number of likely N-dealkylation sites (N-methyl/N-ethyl adjacent to an activating group) is 1. The van der Waals surface area contributed by atoms with Crippen LogP contribution >= 0.6 is 0 Å². The largest absolute Gasteiger partial charge is 0.390 e. The summed E-state index contributed by atoms with van der Waals surface area (Å²) in [7, 11) is 0. The van der Waals surface area contributed by atoms with Crippen molar-refractivity contribution < 1.29 is 33.4 Å². The first-order chi connectivity index (χ1) is 25.7. The number of nitrogens with two attached hydrogens (primary N) is 1. The summed E-state index contributed by atoms with van der Waals surface area (Å²) in [6.45, 7) is 13.2. The number of nitrogens with zero attached hydrogens (tertiary/aromatic N) is 4. The molecule has 0 radical (unpaired) electrons. The number of nitrogens with one attached hydrogen (secondary N) is 3. The number of benzene rings is 1. The maximum atomic E-state index is 15.9. The lowest BCUT2D eigenvalue weighted by Gasteiger charge is -2.38. The average Bonchev–Trinajstić information content (AvgIpc) is 3.67. The van der Waals surface area contributed by atoms with Crippen LogP contribution < -0.4 is 21.8 Å². The highest BCUT2D eigenvalue weighted by atomic mass is 19.1. The number of ether oxygens (including phenoxy) is 1. The molecule has 0 spiro atoms. The second kappa shape index (κ2) is 17.9. The third-order valence-corrected chi connectivity index (χ3v) is 11.5. The number of likely N-dealkylation sites (tertiary alicyclic amines) is 1. The fraction of sp³-hybridized carbons (Fsp3) is 0.615. The Hall–Kier alpha value is -4.34. The number of piperidine rings is 1. The first-order valence-corrected chi connectivity index (χ1v) is 19.2. The van der Waals surface area contributed by atoms with Gasteiger partial charge in [-0.05, 0) is 88.0 Å². The van der Waals surface area contributed by atoms with Gasteiger partial charge >= 0.3 is 0 Å². The Morgan fingerprint density at radius 1 is 1.09 bits per heavy atom. The van der Waals surface area contributed by atoms with Gasteiger partial charge < -0.3 is 35.7 Å². The predicted molar refractivity (Wildman–Crippen MR) is 201 cm³/mol. The number of halogens is 1. The van der Waals surface area contributed by atoms with Crippen LogP contribution in [0.4, 0.5) is 10.1 Å². The Balaban J connectivity index is 1.36. The Kier molecular flexibility index (Phi) is 13.5. The van der Waals surface area contributed by atoms with Gasteiger partial charge in [0.1, 0.15) is 29.3 Å². The topological polar surface area (TPSA) is 184 Å². The summed E-state index contributed by atoms with van der Waals surface area (Å²) < 4.78 is 23.1. The molecule has 1 aliphatic carbocycles. The van der Waals surface area contributed by atoms with Crippen LogP contribution in [0.2, 0.25) is 0 Å². The highest BCUT2D eigenvalue weighted by molar-refractivity contribution is 6.00. The number of amides is 4. The normalized spacial score (nSPS) is 22.0. The number of aliphatic hydroxyl groups is 1. The monoisotopic (exact) mass is 752 g/mol. The van der Waals surface area contributed by atoms with E-state index in [1.54, 1.807) is 48.7 Å². The first kappa shape index (κ1) is 40.8. The van der Waals surface area contributed by atoms with E-state index < -0.39 is 47.1 Å². The van der Waals surface area contributed by atoms with Gasteiger partial charge in [0.15, 0.2) is 0 Å². The summed E-state index contributed by atoms with van der Waals surface area (Å²) >= 11 is 0. The van der Waals surface area contributed by atoms with E-state index in [2.05, 4.69) is 34.6 Å². The van der Waals surface area contributed by atoms with Gasteiger partial charge in [0.05, 0.1) is 17.3 Å². The number of rotatable bonds is 13. The van der Waals surface area contributed by atoms with Crippen molar-refractivity contribution in [3.8, 4) is 0 Å². The van der Waals surface area contributed by atoms with Crippen molar-refractivity contribution in [3.05, 3.63) is 59.8 Å². The summed E-state index contributed by atoms with van der Waals surface area (Å²) in [5, 5.41) is 24.6. The van der Waals surface area contributed by atoms with Crippen molar-refractivity contribution in [1.29, 1.82) is 0 Å². The van der Waals surface area contributed by atoms with Crippen molar-refractivity contribution in [2.75, 3.05) is 38.2 Å². The molecule has 0 bridgehead atoms. The zero-order valence-corrected chi connectivity index (χ0v) is 32.0. The molecule has 54 heavy (non-hydrogen) atoms. The average molecular weight is 753 g/mol. The van der Waals surface area contributed by atoms with Crippen LogP contribution in [-0.2, 0) is 19.1 Å². The van der Waals surface area contributed by atoms with E-state index in [1.807, 2.05) is 0 Å². The zero-order chi connectivity index (χ0) is 39.2. The molecule has 3 fully saturated rings. The van der Waals surface area contributed by atoms with E-state index in [9.17, 15) is 24.3 Å². The van der Waals surface area contributed by atoms with E-state index in [4.69, 9.17) is 10.6 Å². The van der Waals surface area contributed by atoms with Gasteiger partial charge in [-0.3, -0.25) is 23.9 Å². The second-order valence-corrected chi connectivity index (χ2v) is 15.5. The molecule has 3 heterocycles. The van der Waals surface area contributed by atoms with E-state index >= 15 is 4.39 Å². The van der Waals surface area contributed by atoms with Gasteiger partial charge in [-0.1, -0.05) is 39.3 Å². The third-order valence-electron chi connectivity index (χ3n) is 11.5. The number of hydrogen-bond donors (Lipinski definition) is 5. The summed E-state index contributed by atoms with van der Waals surface area (Å²) in [6, 6.07) is 3.87. The summed E-state index contributed by atoms with van der Waals surface area (Å²) in [5.41, 5.74) is -0.229. The standard InChI is InChI=1S/C39H57FN8O6/c1-6-47(41)26(4)35(49)45-34(27-9-7-24(2)8-10-27)37(51)43-31-12-11-28(23-30(31)40)25(3)33(38(52)46-19-16-39(5,53)17-20-46)44-36(50)32-13-18-42-48(32)29-14-21-54-22-15-29/h11-13,18,23-25,27,29,33-34,53H,4,6-10,14-17,19-22,41H2,1-3,5H3,(H,43,51)(H,44,50)(H,45,49)/t24?,25-,27?,33+,34-/m0/s1. The fourth-order valence-corrected chi connectivity index (χ4v) is 7.62. The molecule has 1 aromatic heterocycles. The molecule has 2 aliphatic heterocycles. The lowest BCUT2D eigenvalue weighted by molar-refractivity contribution is -0.137. The number of anilines is 1. The molecule has 2 aromatic rings. The maximum absolute atomic E-state index is 15.9. The van der Waals surface area contributed by atoms with Crippen LogP contribution in [0, 0.1) is 17.7 Å². The highest BCUT2D eigenvalue weighted by Gasteiger charge is 2.38. The lowest BCUT2D eigenvalue weighted by Crippen LogP contribution is -2.54. The Morgan fingerprint density at radius 3 is 2.39 bits per heavy atom. The van der Waals surface area contributed by atoms with Crippen molar-refractivity contribution in [2.24, 2.45) is 17.7 Å². The minimum atomic E-state index is -1.08. The molecule has 1 aromatic carbocycles. The number of aromatic nitrogens is 2. The Morgan fingerprint density at radius 2 is 1.76 bits per heavy atom. The summed E-state index contributed by atoms with van der Waals surface area (Å²) in [4.78, 5) is 56.4. The maximum Gasteiger partial charge on any atom is 0.270 e. The van der Waals surface area contributed by atoms with Crippen molar-refractivity contribution >= 4 is 29.3 Å². The first-order valence-electron chi connectivity index (χ1n) is 19.2. The molecular weight excluding hydrogens is 695 g/mol. The van der Waals surface area contributed by atoms with Gasteiger partial charge in [-0.25, -0.2) is 10.2 Å². The van der Waals surface area contributed by atoms with Crippen LogP contribution in [0.1, 0.15) is 107 Å². The van der Waals surface area contributed by atoms with Gasteiger partial charge in [0.25, 0.3) is 11.8 Å². The van der Waals surface area contributed by atoms with Crippen LogP contribution in [0.3, 0.4) is 0 Å². The molecule has 3 atom stereocenters. The van der Waals surface area contributed by atoms with Crippen molar-refractivity contribution in [2.45, 2.75) is 109 Å². The van der Waals surface area contributed by atoms with Crippen LogP contribution in [0.15, 0.2) is 42.7 Å². The van der Waals surface area contributed by atoms with Crippen molar-refractivity contribution in [1.82, 2.24) is 30.3 Å². The second-order valence-electron chi connectivity index (χ2n) is 15.5. The molecule has 1 saturated carbocycles. The van der Waals surface area contributed by atoms with Crippen LogP contribution in [-0.4, -0.2) is 99.0 Å². The molecule has 296 valence electrons. The molecule has 2 saturated heterocycles. The van der Waals surface area contributed by atoms with Gasteiger partial charge in [-0.2, -0.15) is 5.10 Å². The Labute approximate surface area is 317 Å². The van der Waals surface area contributed by atoms with E-state index in [-0.39, 0.29) is 29.3 Å². The molecule has 5 rings (SSSR count). The van der Waals surface area contributed by atoms with E-state index in [0.717, 1.165) is 25.7 Å². The molecule has 3 aliphatic rings. The van der Waals surface area contributed by atoms with Crippen molar-refractivity contribution in [3.63, 3.8) is 0 Å². The SMILES string of the molecule is C=C(C(=O)N[C@H](C(=O)Nc1ccc([C@H](C)[C@@H](NC(=O)c2ccnn2C2CCOCC2)C(=O)N2CCC(C)(O)CC2)cc1F)C1CCC(C)CC1)N(N)CC. The fourth-order valence-electron chi connectivity index (χ4n) is 7.62. The minimum absolute atomic E-state index is 0.0168. The van der Waals surface area contributed by atoms with E-state index in [1.165, 1.54) is 17.1 Å². The minimum Gasteiger partial charge on any atom is -0.390 e. The number of hydrazine groups is 1. The zero-order valence-electron chi connectivity index (χ0n) is 32.0. The van der Waals surface area contributed by atoms with Gasteiger partial charge in [0, 0.05) is 45.0 Å². The smallest absolute Gasteiger partial charge is 0.270 e.